The van der Waals surface area contributed by atoms with Crippen LogP contribution in [0.25, 0.3) is 0 Å². The topological polar surface area (TPSA) is 97.2 Å². The first-order chi connectivity index (χ1) is 12.5. The molecule has 0 atom stereocenters. The van der Waals surface area contributed by atoms with Gasteiger partial charge in [-0.2, -0.15) is 5.10 Å². The Labute approximate surface area is 158 Å². The summed E-state index contributed by atoms with van der Waals surface area (Å²) < 4.78 is 11.3. The summed E-state index contributed by atoms with van der Waals surface area (Å²) in [5.41, 5.74) is 3.57. The molecule has 0 saturated heterocycles. The predicted octanol–water partition coefficient (Wildman–Crippen LogP) is 3.08. The standard InChI is InChI=1S/C18H17BrN2O5/c1-2-25-16-9-12(7-8-15(16)26-11-17(22)23)10-20-21-18(24)13-5-3-4-6-14(13)19/h3-10H,2,11H2,1H3,(H,21,24)(H,22,23). The molecule has 0 aromatic heterocycles. The minimum Gasteiger partial charge on any atom is -0.490 e. The van der Waals surface area contributed by atoms with E-state index in [1.807, 2.05) is 6.07 Å². The molecule has 0 fully saturated rings. The van der Waals surface area contributed by atoms with Crippen molar-refractivity contribution in [1.82, 2.24) is 5.43 Å². The van der Waals surface area contributed by atoms with Crippen molar-refractivity contribution in [2.75, 3.05) is 13.2 Å². The summed E-state index contributed by atoms with van der Waals surface area (Å²) in [6.45, 7) is 1.73. The van der Waals surface area contributed by atoms with E-state index in [0.29, 0.717) is 33.7 Å². The molecule has 26 heavy (non-hydrogen) atoms. The fraction of sp³-hybridized carbons (Fsp3) is 0.167. The van der Waals surface area contributed by atoms with Crippen LogP contribution in [-0.4, -0.2) is 36.4 Å². The monoisotopic (exact) mass is 420 g/mol. The Kier molecular flexibility index (Phi) is 7.16. The van der Waals surface area contributed by atoms with E-state index in [2.05, 4.69) is 26.5 Å². The number of carbonyl (C=O) groups is 2. The van der Waals surface area contributed by atoms with E-state index < -0.39 is 12.6 Å². The Morgan fingerprint density at radius 3 is 2.65 bits per heavy atom. The number of aliphatic carboxylic acids is 1. The maximum Gasteiger partial charge on any atom is 0.341 e. The summed E-state index contributed by atoms with van der Waals surface area (Å²) in [5, 5.41) is 12.6. The minimum absolute atomic E-state index is 0.323. The van der Waals surface area contributed by atoms with Crippen molar-refractivity contribution in [1.29, 1.82) is 0 Å². The second kappa shape index (κ2) is 9.57. The normalized spacial score (nSPS) is 10.5. The first kappa shape index (κ1) is 19.5. The number of benzene rings is 2. The molecule has 0 aliphatic carbocycles. The van der Waals surface area contributed by atoms with Gasteiger partial charge in [0.25, 0.3) is 5.91 Å². The van der Waals surface area contributed by atoms with E-state index in [1.54, 1.807) is 43.3 Å². The number of halogens is 1. The lowest BCUT2D eigenvalue weighted by molar-refractivity contribution is -0.139. The van der Waals surface area contributed by atoms with Crippen LogP contribution >= 0.6 is 15.9 Å². The van der Waals surface area contributed by atoms with Crippen LogP contribution in [0.1, 0.15) is 22.8 Å². The fourth-order valence-electron chi connectivity index (χ4n) is 2.00. The first-order valence-corrected chi connectivity index (χ1v) is 8.50. The molecular weight excluding hydrogens is 404 g/mol. The summed E-state index contributed by atoms with van der Waals surface area (Å²) in [7, 11) is 0. The number of hydrogen-bond donors (Lipinski definition) is 2. The Morgan fingerprint density at radius 1 is 1.19 bits per heavy atom. The molecule has 8 heteroatoms. The third-order valence-corrected chi connectivity index (χ3v) is 3.81. The number of carboxylic acids is 1. The highest BCUT2D eigenvalue weighted by molar-refractivity contribution is 9.10. The molecule has 0 aliphatic heterocycles. The van der Waals surface area contributed by atoms with Crippen LogP contribution in [0.2, 0.25) is 0 Å². The Hall–Kier alpha value is -2.87. The van der Waals surface area contributed by atoms with Crippen LogP contribution in [0.3, 0.4) is 0 Å². The molecule has 2 N–H and O–H groups in total. The highest BCUT2D eigenvalue weighted by Gasteiger charge is 2.09. The number of hydrogen-bond acceptors (Lipinski definition) is 5. The van der Waals surface area contributed by atoms with Crippen molar-refractivity contribution in [2.45, 2.75) is 6.92 Å². The highest BCUT2D eigenvalue weighted by atomic mass is 79.9. The molecule has 2 aromatic rings. The Bertz CT molecular complexity index is 823. The van der Waals surface area contributed by atoms with E-state index in [-0.39, 0.29) is 5.91 Å². The number of carboxylic acid groups (broad SMARTS) is 1. The molecule has 2 rings (SSSR count). The lowest BCUT2D eigenvalue weighted by Crippen LogP contribution is -2.18. The summed E-state index contributed by atoms with van der Waals surface area (Å²) in [6.07, 6.45) is 1.46. The van der Waals surface area contributed by atoms with Gasteiger partial charge in [-0.25, -0.2) is 10.2 Å². The smallest absolute Gasteiger partial charge is 0.341 e. The number of ether oxygens (including phenoxy) is 2. The fourth-order valence-corrected chi connectivity index (χ4v) is 2.47. The highest BCUT2D eigenvalue weighted by Crippen LogP contribution is 2.28. The third-order valence-electron chi connectivity index (χ3n) is 3.12. The zero-order valence-corrected chi connectivity index (χ0v) is 15.5. The van der Waals surface area contributed by atoms with Gasteiger partial charge < -0.3 is 14.6 Å². The van der Waals surface area contributed by atoms with Gasteiger partial charge in [-0.3, -0.25) is 4.79 Å². The van der Waals surface area contributed by atoms with E-state index in [0.717, 1.165) is 0 Å². The summed E-state index contributed by atoms with van der Waals surface area (Å²) >= 11 is 3.31. The molecule has 1 amide bonds. The summed E-state index contributed by atoms with van der Waals surface area (Å²) in [5.74, 6) is -0.702. The molecule has 0 radical (unpaired) electrons. The molecule has 0 bridgehead atoms. The Morgan fingerprint density at radius 2 is 1.96 bits per heavy atom. The van der Waals surface area contributed by atoms with Gasteiger partial charge in [0.1, 0.15) is 0 Å². The van der Waals surface area contributed by atoms with Crippen molar-refractivity contribution >= 4 is 34.0 Å². The average molecular weight is 421 g/mol. The zero-order valence-electron chi connectivity index (χ0n) is 13.9. The number of hydrazone groups is 1. The molecule has 0 heterocycles. The molecular formula is C18H17BrN2O5. The number of rotatable bonds is 8. The van der Waals surface area contributed by atoms with E-state index >= 15 is 0 Å². The molecule has 0 aliphatic rings. The van der Waals surface area contributed by atoms with Gasteiger partial charge in [0, 0.05) is 4.47 Å². The van der Waals surface area contributed by atoms with Crippen LogP contribution in [0, 0.1) is 0 Å². The van der Waals surface area contributed by atoms with Crippen LogP contribution < -0.4 is 14.9 Å². The van der Waals surface area contributed by atoms with Crippen molar-refractivity contribution in [3.63, 3.8) is 0 Å². The van der Waals surface area contributed by atoms with Crippen molar-refractivity contribution in [2.24, 2.45) is 5.10 Å². The molecule has 136 valence electrons. The Balaban J connectivity index is 2.07. The predicted molar refractivity (Wildman–Crippen MR) is 99.9 cm³/mol. The number of nitrogens with zero attached hydrogens (tertiary/aromatic N) is 1. The van der Waals surface area contributed by atoms with Crippen LogP contribution in [0.5, 0.6) is 11.5 Å². The summed E-state index contributed by atoms with van der Waals surface area (Å²) in [6, 6.07) is 11.9. The van der Waals surface area contributed by atoms with Crippen LogP contribution in [0.4, 0.5) is 0 Å². The van der Waals surface area contributed by atoms with Gasteiger partial charge in [-0.1, -0.05) is 12.1 Å². The third kappa shape index (κ3) is 5.59. The maximum atomic E-state index is 12.1. The molecule has 0 unspecified atom stereocenters. The SMILES string of the molecule is CCOc1cc(C=NNC(=O)c2ccccc2Br)ccc1OCC(=O)O. The second-order valence-electron chi connectivity index (χ2n) is 5.00. The number of amides is 1. The quantitative estimate of drug-likeness (QED) is 0.505. The van der Waals surface area contributed by atoms with Crippen molar-refractivity contribution in [3.8, 4) is 11.5 Å². The lowest BCUT2D eigenvalue weighted by Gasteiger charge is -2.11. The van der Waals surface area contributed by atoms with Gasteiger partial charge in [-0.15, -0.1) is 0 Å². The number of carbonyl (C=O) groups excluding carboxylic acids is 1. The second-order valence-corrected chi connectivity index (χ2v) is 5.85. The van der Waals surface area contributed by atoms with Gasteiger partial charge in [0.15, 0.2) is 18.1 Å². The minimum atomic E-state index is -1.08. The van der Waals surface area contributed by atoms with Crippen LogP contribution in [-0.2, 0) is 4.79 Å². The van der Waals surface area contributed by atoms with Gasteiger partial charge in [0.05, 0.1) is 18.4 Å². The van der Waals surface area contributed by atoms with E-state index in [9.17, 15) is 9.59 Å². The van der Waals surface area contributed by atoms with Gasteiger partial charge in [0.2, 0.25) is 0 Å². The van der Waals surface area contributed by atoms with E-state index in [1.165, 1.54) is 6.21 Å². The molecule has 2 aromatic carbocycles. The molecule has 0 saturated carbocycles. The maximum absolute atomic E-state index is 12.1. The molecule has 7 nitrogen and oxygen atoms in total. The zero-order chi connectivity index (χ0) is 18.9. The molecule has 0 spiro atoms. The van der Waals surface area contributed by atoms with Crippen molar-refractivity contribution < 1.29 is 24.2 Å². The largest absolute Gasteiger partial charge is 0.490 e. The van der Waals surface area contributed by atoms with Crippen LogP contribution in [0.15, 0.2) is 52.0 Å². The number of nitrogens with one attached hydrogen (secondary N) is 1. The lowest BCUT2D eigenvalue weighted by atomic mass is 10.2. The van der Waals surface area contributed by atoms with Crippen molar-refractivity contribution in [3.05, 3.63) is 58.1 Å². The van der Waals surface area contributed by atoms with E-state index in [4.69, 9.17) is 14.6 Å². The average Bonchev–Trinajstić information content (AvgIpc) is 2.61. The van der Waals surface area contributed by atoms with Gasteiger partial charge >= 0.3 is 5.97 Å². The van der Waals surface area contributed by atoms with Gasteiger partial charge in [-0.05, 0) is 58.7 Å². The first-order valence-electron chi connectivity index (χ1n) is 7.70. The summed E-state index contributed by atoms with van der Waals surface area (Å²) in [4.78, 5) is 22.7.